The van der Waals surface area contributed by atoms with Crippen molar-refractivity contribution in [2.24, 2.45) is 0 Å². The average molecular weight is 508 g/mol. The van der Waals surface area contributed by atoms with Gasteiger partial charge in [-0.05, 0) is 55.6 Å². The zero-order chi connectivity index (χ0) is 24.8. The number of nitrogens with zero attached hydrogens (tertiary/aromatic N) is 3. The Hall–Kier alpha value is -3.46. The third-order valence-electron chi connectivity index (χ3n) is 5.51. The van der Waals surface area contributed by atoms with Crippen LogP contribution < -0.4 is 10.6 Å². The summed E-state index contributed by atoms with van der Waals surface area (Å²) in [5, 5.41) is 8.12. The van der Waals surface area contributed by atoms with E-state index in [1.165, 1.54) is 17.5 Å². The van der Waals surface area contributed by atoms with Crippen LogP contribution in [0.5, 0.6) is 0 Å². The molecule has 2 aromatic carbocycles. The van der Waals surface area contributed by atoms with Gasteiger partial charge in [0.25, 0.3) is 11.8 Å². The van der Waals surface area contributed by atoms with E-state index in [9.17, 15) is 9.59 Å². The summed E-state index contributed by atoms with van der Waals surface area (Å²) in [5.41, 5.74) is 2.27. The Morgan fingerprint density at radius 1 is 1.11 bits per heavy atom. The Bertz CT molecular complexity index is 1370. The number of carbonyl (C=O) groups excluding carboxylic acids is 2. The number of carbonyl (C=O) groups is 2. The first-order valence-corrected chi connectivity index (χ1v) is 12.5. The van der Waals surface area contributed by atoms with E-state index >= 15 is 0 Å². The Balaban J connectivity index is 1.42. The molecule has 1 amide bonds. The maximum Gasteiger partial charge on any atom is 0.267 e. The van der Waals surface area contributed by atoms with Crippen LogP contribution in [0, 0.1) is 0 Å². The zero-order valence-corrected chi connectivity index (χ0v) is 21.1. The minimum atomic E-state index is -0.252. The third-order valence-corrected chi connectivity index (χ3v) is 6.66. The molecule has 7 nitrogen and oxygen atoms in total. The van der Waals surface area contributed by atoms with Crippen LogP contribution in [0.3, 0.4) is 0 Å². The summed E-state index contributed by atoms with van der Waals surface area (Å²) in [6, 6.07) is 14.6. The minimum Gasteiger partial charge on any atom is -0.332 e. The highest BCUT2D eigenvalue weighted by atomic mass is 35.5. The number of hydrogen-bond donors (Lipinski definition) is 2. The van der Waals surface area contributed by atoms with Gasteiger partial charge in [-0.2, -0.15) is 0 Å². The van der Waals surface area contributed by atoms with Gasteiger partial charge in [0, 0.05) is 40.6 Å². The largest absolute Gasteiger partial charge is 0.332 e. The monoisotopic (exact) mass is 507 g/mol. The number of allylic oxidation sites excluding steroid dienone is 1. The summed E-state index contributed by atoms with van der Waals surface area (Å²) in [6.07, 6.45) is 6.83. The summed E-state index contributed by atoms with van der Waals surface area (Å²) in [5.74, 6) is -0.332. The molecule has 0 bridgehead atoms. The van der Waals surface area contributed by atoms with E-state index < -0.39 is 0 Å². The van der Waals surface area contributed by atoms with E-state index in [1.54, 1.807) is 41.1 Å². The molecule has 0 atom stereocenters. The Labute approximate surface area is 213 Å². The number of benzene rings is 2. The van der Waals surface area contributed by atoms with Crippen molar-refractivity contribution in [1.82, 2.24) is 14.5 Å². The molecule has 2 aromatic heterocycles. The van der Waals surface area contributed by atoms with Crippen molar-refractivity contribution in [2.75, 3.05) is 30.3 Å². The van der Waals surface area contributed by atoms with Crippen LogP contribution in [0.1, 0.15) is 28.3 Å². The number of halogens is 1. The molecule has 4 rings (SSSR count). The number of likely N-dealkylation sites (N-methyl/N-ethyl adjacent to an activating group) is 1. The van der Waals surface area contributed by atoms with E-state index in [4.69, 9.17) is 11.6 Å². The maximum absolute atomic E-state index is 12.7. The van der Waals surface area contributed by atoms with Crippen LogP contribution in [0.15, 0.2) is 73.1 Å². The second-order valence-electron chi connectivity index (χ2n) is 7.80. The van der Waals surface area contributed by atoms with Crippen molar-refractivity contribution >= 4 is 62.2 Å². The second-order valence-corrected chi connectivity index (χ2v) is 9.27. The van der Waals surface area contributed by atoms with Gasteiger partial charge in [0.2, 0.25) is 0 Å². The van der Waals surface area contributed by atoms with Crippen molar-refractivity contribution in [3.05, 3.63) is 83.0 Å². The zero-order valence-electron chi connectivity index (χ0n) is 19.5. The lowest BCUT2D eigenvalue weighted by Crippen LogP contribution is -2.22. The van der Waals surface area contributed by atoms with E-state index in [0.717, 1.165) is 36.2 Å². The average Bonchev–Trinajstić information content (AvgIpc) is 3.49. The molecule has 35 heavy (non-hydrogen) atoms. The summed E-state index contributed by atoms with van der Waals surface area (Å²) in [7, 11) is 0. The van der Waals surface area contributed by atoms with Gasteiger partial charge in [-0.15, -0.1) is 0 Å². The summed E-state index contributed by atoms with van der Waals surface area (Å²) in [4.78, 5) is 32.2. The second kappa shape index (κ2) is 11.3. The van der Waals surface area contributed by atoms with Crippen LogP contribution in [0.2, 0.25) is 5.02 Å². The lowest BCUT2D eigenvalue weighted by atomic mass is 10.2. The Morgan fingerprint density at radius 2 is 1.94 bits per heavy atom. The highest BCUT2D eigenvalue weighted by molar-refractivity contribution is 7.17. The van der Waals surface area contributed by atoms with Crippen molar-refractivity contribution in [3.8, 4) is 0 Å². The number of anilines is 3. The minimum absolute atomic E-state index is 0.0804. The summed E-state index contributed by atoms with van der Waals surface area (Å²) >= 11 is 7.23. The SMILES string of the molecule is CCN(CC)C/C=C/C(=O)n1ccc2cc(Nc3ncc(C(=O)Nc4cccc(Cl)c4)s3)ccc21. The first kappa shape index (κ1) is 24.7. The van der Waals surface area contributed by atoms with Gasteiger partial charge in [0.1, 0.15) is 4.88 Å². The van der Waals surface area contributed by atoms with Gasteiger partial charge >= 0.3 is 0 Å². The first-order chi connectivity index (χ1) is 17.0. The fraction of sp³-hybridized carbons (Fsp3) is 0.192. The predicted molar refractivity (Wildman–Crippen MR) is 144 cm³/mol. The number of hydrogen-bond acceptors (Lipinski definition) is 6. The molecule has 0 saturated heterocycles. The van der Waals surface area contributed by atoms with Crippen LogP contribution in [-0.2, 0) is 0 Å². The summed E-state index contributed by atoms with van der Waals surface area (Å²) < 4.78 is 1.64. The van der Waals surface area contributed by atoms with Gasteiger partial charge in [-0.25, -0.2) is 4.98 Å². The molecule has 2 N–H and O–H groups in total. The molecule has 0 aliphatic heterocycles. The van der Waals surface area contributed by atoms with Crippen LogP contribution in [-0.4, -0.2) is 45.9 Å². The molecule has 2 heterocycles. The number of amides is 1. The lowest BCUT2D eigenvalue weighted by Gasteiger charge is -2.14. The fourth-order valence-corrected chi connectivity index (χ4v) is 4.52. The molecule has 0 aliphatic carbocycles. The Kier molecular flexibility index (Phi) is 7.97. The van der Waals surface area contributed by atoms with Gasteiger partial charge in [0.05, 0.1) is 11.7 Å². The lowest BCUT2D eigenvalue weighted by molar-refractivity contribution is 0.0972. The highest BCUT2D eigenvalue weighted by Gasteiger charge is 2.12. The fourth-order valence-electron chi connectivity index (χ4n) is 3.60. The quantitative estimate of drug-likeness (QED) is 0.260. The van der Waals surface area contributed by atoms with Gasteiger partial charge in [0.15, 0.2) is 5.13 Å². The smallest absolute Gasteiger partial charge is 0.267 e. The van der Waals surface area contributed by atoms with E-state index in [0.29, 0.717) is 20.7 Å². The van der Waals surface area contributed by atoms with Crippen molar-refractivity contribution in [2.45, 2.75) is 13.8 Å². The first-order valence-electron chi connectivity index (χ1n) is 11.3. The molecule has 0 radical (unpaired) electrons. The number of fused-ring (bicyclic) bond motifs is 1. The maximum atomic E-state index is 12.7. The number of nitrogens with one attached hydrogen (secondary N) is 2. The molecule has 0 aliphatic rings. The number of aromatic nitrogens is 2. The third kappa shape index (κ3) is 6.16. The van der Waals surface area contributed by atoms with Crippen LogP contribution in [0.4, 0.5) is 16.5 Å². The van der Waals surface area contributed by atoms with E-state index in [2.05, 4.69) is 34.4 Å². The molecule has 180 valence electrons. The van der Waals surface area contributed by atoms with E-state index in [1.807, 2.05) is 30.3 Å². The molecule has 4 aromatic rings. The van der Waals surface area contributed by atoms with Crippen molar-refractivity contribution in [1.29, 1.82) is 0 Å². The summed E-state index contributed by atoms with van der Waals surface area (Å²) in [6.45, 7) is 6.85. The number of rotatable bonds is 9. The number of thiazole rings is 1. The normalized spacial score (nSPS) is 11.4. The van der Waals surface area contributed by atoms with Crippen molar-refractivity contribution < 1.29 is 9.59 Å². The van der Waals surface area contributed by atoms with E-state index in [-0.39, 0.29) is 11.8 Å². The molecular formula is C26H26ClN5O2S. The highest BCUT2D eigenvalue weighted by Crippen LogP contribution is 2.27. The molecule has 0 saturated carbocycles. The molecule has 0 spiro atoms. The van der Waals surface area contributed by atoms with Gasteiger partial charge < -0.3 is 15.5 Å². The van der Waals surface area contributed by atoms with Crippen LogP contribution >= 0.6 is 22.9 Å². The molecule has 0 unspecified atom stereocenters. The standard InChI is InChI=1S/C26H26ClN5O2S/c1-3-31(4-2)13-6-9-24(33)32-14-12-18-15-21(10-11-22(18)32)30-26-28-17-23(35-26)25(34)29-20-8-5-7-19(27)16-20/h5-12,14-17H,3-4,13H2,1-2H3,(H,28,30)(H,29,34)/b9-6+. The van der Waals surface area contributed by atoms with Gasteiger partial charge in [-0.3, -0.25) is 14.2 Å². The molecule has 9 heteroatoms. The molecular weight excluding hydrogens is 482 g/mol. The Morgan fingerprint density at radius 3 is 2.71 bits per heavy atom. The van der Waals surface area contributed by atoms with Crippen LogP contribution in [0.25, 0.3) is 10.9 Å². The van der Waals surface area contributed by atoms with Crippen molar-refractivity contribution in [3.63, 3.8) is 0 Å². The predicted octanol–water partition coefficient (Wildman–Crippen LogP) is 6.29. The topological polar surface area (TPSA) is 79.3 Å². The molecule has 0 fully saturated rings. The van der Waals surface area contributed by atoms with Gasteiger partial charge in [-0.1, -0.05) is 48.9 Å².